The molecule has 1 aromatic heterocycles. The lowest BCUT2D eigenvalue weighted by molar-refractivity contribution is -0.118. The molecule has 4 aromatic rings. The summed E-state index contributed by atoms with van der Waals surface area (Å²) in [5.41, 5.74) is 2.98. The van der Waals surface area contributed by atoms with E-state index < -0.39 is 0 Å². The third-order valence-corrected chi connectivity index (χ3v) is 5.75. The molecule has 5 heteroatoms. The molecule has 0 unspecified atom stereocenters. The maximum absolute atomic E-state index is 12.4. The third kappa shape index (κ3) is 5.06. The Balaban J connectivity index is 1.46. The first-order valence-corrected chi connectivity index (χ1v) is 10.8. The lowest BCUT2D eigenvalue weighted by atomic mass is 10.0. The Bertz CT molecular complexity index is 1120. The second-order valence-corrected chi connectivity index (χ2v) is 8.18. The maximum Gasteiger partial charge on any atom is 0.262 e. The summed E-state index contributed by atoms with van der Waals surface area (Å²) in [5.74, 6) is 0.552. The zero-order valence-electron chi connectivity index (χ0n) is 16.9. The molecule has 0 aliphatic rings. The van der Waals surface area contributed by atoms with Crippen LogP contribution in [0.15, 0.2) is 78.2 Å². The molecule has 0 aliphatic heterocycles. The standard InChI is InChI=1S/C25H24N2O2S/c1-18-8-11-20(12-9-18)27-25(28)17-29-24-13-10-19-5-2-3-7-22(19)23(24)16-26-15-21-6-4-14-30-21/h2-14,26H,15-17H2,1H3,(H,27,28). The number of hydrogen-bond donors (Lipinski definition) is 2. The molecule has 1 amide bonds. The Morgan fingerprint density at radius 2 is 1.77 bits per heavy atom. The average molecular weight is 417 g/mol. The van der Waals surface area contributed by atoms with Gasteiger partial charge in [-0.2, -0.15) is 0 Å². The van der Waals surface area contributed by atoms with Crippen molar-refractivity contribution in [2.75, 3.05) is 11.9 Å². The molecule has 3 aromatic carbocycles. The number of nitrogens with one attached hydrogen (secondary N) is 2. The minimum Gasteiger partial charge on any atom is -0.483 e. The van der Waals surface area contributed by atoms with E-state index in [9.17, 15) is 4.79 Å². The Labute approximate surface area is 180 Å². The largest absolute Gasteiger partial charge is 0.483 e. The van der Waals surface area contributed by atoms with E-state index in [1.807, 2.05) is 55.5 Å². The van der Waals surface area contributed by atoms with E-state index >= 15 is 0 Å². The normalized spacial score (nSPS) is 10.8. The number of thiophene rings is 1. The summed E-state index contributed by atoms with van der Waals surface area (Å²) < 4.78 is 5.94. The predicted octanol–water partition coefficient (Wildman–Crippen LogP) is 5.52. The highest BCUT2D eigenvalue weighted by Gasteiger charge is 2.11. The summed E-state index contributed by atoms with van der Waals surface area (Å²) in [5, 5.41) is 10.7. The summed E-state index contributed by atoms with van der Waals surface area (Å²) in [7, 11) is 0. The van der Waals surface area contributed by atoms with Gasteiger partial charge in [-0.1, -0.05) is 54.1 Å². The summed E-state index contributed by atoms with van der Waals surface area (Å²) in [6.07, 6.45) is 0. The number of benzene rings is 3. The number of carbonyl (C=O) groups excluding carboxylic acids is 1. The summed E-state index contributed by atoms with van der Waals surface area (Å²) in [6.45, 7) is 3.44. The molecular formula is C25H24N2O2S. The molecular weight excluding hydrogens is 392 g/mol. The fraction of sp³-hybridized carbons (Fsp3) is 0.160. The lowest BCUT2D eigenvalue weighted by Gasteiger charge is -2.15. The van der Waals surface area contributed by atoms with Gasteiger partial charge in [-0.3, -0.25) is 4.79 Å². The lowest BCUT2D eigenvalue weighted by Crippen LogP contribution is -2.21. The fourth-order valence-electron chi connectivity index (χ4n) is 3.33. The van der Waals surface area contributed by atoms with Crippen LogP contribution in [0, 0.1) is 6.92 Å². The first-order chi connectivity index (χ1) is 14.7. The van der Waals surface area contributed by atoms with Gasteiger partial charge in [0, 0.05) is 29.2 Å². The van der Waals surface area contributed by atoms with Crippen LogP contribution >= 0.6 is 11.3 Å². The van der Waals surface area contributed by atoms with Crippen molar-refractivity contribution in [3.8, 4) is 5.75 Å². The molecule has 2 N–H and O–H groups in total. The van der Waals surface area contributed by atoms with Crippen LogP contribution in [-0.4, -0.2) is 12.5 Å². The van der Waals surface area contributed by atoms with Gasteiger partial charge in [-0.05, 0) is 47.3 Å². The Hall–Kier alpha value is -3.15. The average Bonchev–Trinajstić information content (AvgIpc) is 3.28. The molecule has 152 valence electrons. The molecule has 4 nitrogen and oxygen atoms in total. The number of ether oxygens (including phenoxy) is 1. The highest BCUT2D eigenvalue weighted by molar-refractivity contribution is 7.09. The quantitative estimate of drug-likeness (QED) is 0.398. The summed E-state index contributed by atoms with van der Waals surface area (Å²) in [4.78, 5) is 13.7. The van der Waals surface area contributed by atoms with E-state index in [-0.39, 0.29) is 12.5 Å². The fourth-order valence-corrected chi connectivity index (χ4v) is 4.01. The van der Waals surface area contributed by atoms with Crippen LogP contribution in [0.25, 0.3) is 10.8 Å². The van der Waals surface area contributed by atoms with Crippen molar-refractivity contribution in [3.63, 3.8) is 0 Å². The first-order valence-electron chi connectivity index (χ1n) is 9.92. The van der Waals surface area contributed by atoms with Crippen LogP contribution in [0.5, 0.6) is 5.75 Å². The monoisotopic (exact) mass is 416 g/mol. The van der Waals surface area contributed by atoms with Gasteiger partial charge in [-0.15, -0.1) is 11.3 Å². The van der Waals surface area contributed by atoms with Gasteiger partial charge >= 0.3 is 0 Å². The van der Waals surface area contributed by atoms with Crippen molar-refractivity contribution in [3.05, 3.63) is 94.2 Å². The summed E-state index contributed by atoms with van der Waals surface area (Å²) in [6, 6.07) is 24.1. The van der Waals surface area contributed by atoms with Crippen molar-refractivity contribution in [1.29, 1.82) is 0 Å². The zero-order chi connectivity index (χ0) is 20.8. The number of hydrogen-bond acceptors (Lipinski definition) is 4. The highest BCUT2D eigenvalue weighted by atomic mass is 32.1. The number of carbonyl (C=O) groups is 1. The molecule has 0 aliphatic carbocycles. The SMILES string of the molecule is Cc1ccc(NC(=O)COc2ccc3ccccc3c2CNCc2cccs2)cc1. The zero-order valence-corrected chi connectivity index (χ0v) is 17.7. The van der Waals surface area contributed by atoms with E-state index in [1.54, 1.807) is 11.3 Å². The Morgan fingerprint density at radius 1 is 0.933 bits per heavy atom. The summed E-state index contributed by atoms with van der Waals surface area (Å²) >= 11 is 1.74. The van der Waals surface area contributed by atoms with Crippen molar-refractivity contribution in [2.45, 2.75) is 20.0 Å². The van der Waals surface area contributed by atoms with Gasteiger partial charge in [0.25, 0.3) is 5.91 Å². The van der Waals surface area contributed by atoms with E-state index in [0.29, 0.717) is 6.54 Å². The number of fused-ring (bicyclic) bond motifs is 1. The van der Waals surface area contributed by atoms with E-state index in [4.69, 9.17) is 4.74 Å². The van der Waals surface area contributed by atoms with E-state index in [1.165, 1.54) is 4.88 Å². The molecule has 1 heterocycles. The minimum atomic E-state index is -0.176. The number of amides is 1. The van der Waals surface area contributed by atoms with Crippen molar-refractivity contribution in [1.82, 2.24) is 5.32 Å². The van der Waals surface area contributed by atoms with Gasteiger partial charge in [0.15, 0.2) is 6.61 Å². The molecule has 0 radical (unpaired) electrons. The molecule has 0 spiro atoms. The number of aryl methyl sites for hydroxylation is 1. The van der Waals surface area contributed by atoms with Gasteiger partial charge < -0.3 is 15.4 Å². The minimum absolute atomic E-state index is 0.0376. The number of rotatable bonds is 8. The Morgan fingerprint density at radius 3 is 2.57 bits per heavy atom. The van der Waals surface area contributed by atoms with Gasteiger partial charge in [-0.25, -0.2) is 0 Å². The number of anilines is 1. The van der Waals surface area contributed by atoms with Gasteiger partial charge in [0.1, 0.15) is 5.75 Å². The van der Waals surface area contributed by atoms with Gasteiger partial charge in [0.05, 0.1) is 0 Å². The van der Waals surface area contributed by atoms with Crippen LogP contribution < -0.4 is 15.4 Å². The smallest absolute Gasteiger partial charge is 0.262 e. The second kappa shape index (κ2) is 9.57. The molecule has 0 fully saturated rings. The van der Waals surface area contributed by atoms with Gasteiger partial charge in [0.2, 0.25) is 0 Å². The van der Waals surface area contributed by atoms with Crippen LogP contribution in [-0.2, 0) is 17.9 Å². The molecule has 4 rings (SSSR count). The second-order valence-electron chi connectivity index (χ2n) is 7.15. The van der Waals surface area contributed by atoms with Crippen LogP contribution in [0.2, 0.25) is 0 Å². The molecule has 0 atom stereocenters. The van der Waals surface area contributed by atoms with Crippen LogP contribution in [0.4, 0.5) is 5.69 Å². The third-order valence-electron chi connectivity index (χ3n) is 4.87. The Kier molecular flexibility index (Phi) is 6.42. The maximum atomic E-state index is 12.4. The predicted molar refractivity (Wildman–Crippen MR) is 124 cm³/mol. The van der Waals surface area contributed by atoms with E-state index in [2.05, 4.69) is 40.3 Å². The highest BCUT2D eigenvalue weighted by Crippen LogP contribution is 2.28. The molecule has 0 saturated carbocycles. The van der Waals surface area contributed by atoms with Crippen LogP contribution in [0.1, 0.15) is 16.0 Å². The van der Waals surface area contributed by atoms with Crippen LogP contribution in [0.3, 0.4) is 0 Å². The van der Waals surface area contributed by atoms with Crippen molar-refractivity contribution >= 4 is 33.7 Å². The first kappa shape index (κ1) is 20.1. The van der Waals surface area contributed by atoms with E-state index in [0.717, 1.165) is 39.9 Å². The molecule has 30 heavy (non-hydrogen) atoms. The molecule has 0 saturated heterocycles. The topological polar surface area (TPSA) is 50.4 Å². The molecule has 0 bridgehead atoms. The van der Waals surface area contributed by atoms with Crippen molar-refractivity contribution < 1.29 is 9.53 Å². The van der Waals surface area contributed by atoms with Crippen molar-refractivity contribution in [2.24, 2.45) is 0 Å².